The minimum atomic E-state index is -0.805. The van der Waals surface area contributed by atoms with E-state index in [2.05, 4.69) is 20.6 Å². The summed E-state index contributed by atoms with van der Waals surface area (Å²) in [4.78, 5) is 23.1. The number of aryl methyl sites for hydroxylation is 1. The third-order valence-electron chi connectivity index (χ3n) is 6.23. The van der Waals surface area contributed by atoms with Gasteiger partial charge in [0.2, 0.25) is 0 Å². The molecular weight excluding hydrogens is 440 g/mol. The van der Waals surface area contributed by atoms with Gasteiger partial charge in [0.05, 0.1) is 30.1 Å². The van der Waals surface area contributed by atoms with Crippen molar-refractivity contribution in [1.29, 1.82) is 0 Å². The molecule has 0 saturated heterocycles. The minimum absolute atomic E-state index is 0.185. The van der Waals surface area contributed by atoms with Gasteiger partial charge in [-0.25, -0.2) is 9.97 Å². The second-order valence-electron chi connectivity index (χ2n) is 8.43. The number of hydrogen-bond donors (Lipinski definition) is 3. The summed E-state index contributed by atoms with van der Waals surface area (Å²) in [6.45, 7) is 2.64. The zero-order valence-corrected chi connectivity index (χ0v) is 20.1. The lowest BCUT2D eigenvalue weighted by Crippen LogP contribution is -2.44. The fourth-order valence-corrected chi connectivity index (χ4v) is 5.47. The van der Waals surface area contributed by atoms with E-state index in [-0.39, 0.29) is 12.5 Å². The largest absolute Gasteiger partial charge is 0.493 e. The first-order valence-corrected chi connectivity index (χ1v) is 12.0. The molecule has 8 nitrogen and oxygen atoms in total. The van der Waals surface area contributed by atoms with Gasteiger partial charge in [0.15, 0.2) is 11.5 Å². The van der Waals surface area contributed by atoms with E-state index in [1.165, 1.54) is 17.7 Å². The molecule has 0 atom stereocenters. The van der Waals surface area contributed by atoms with E-state index < -0.39 is 5.60 Å². The van der Waals surface area contributed by atoms with Crippen molar-refractivity contribution >= 4 is 33.3 Å². The van der Waals surface area contributed by atoms with E-state index in [1.54, 1.807) is 14.2 Å². The molecule has 0 bridgehead atoms. The van der Waals surface area contributed by atoms with Gasteiger partial charge in [0, 0.05) is 18.7 Å². The number of amides is 1. The molecule has 1 aromatic carbocycles. The Bertz CT molecular complexity index is 1140. The molecule has 176 valence electrons. The minimum Gasteiger partial charge on any atom is -0.493 e. The third-order valence-corrected chi connectivity index (χ3v) is 7.42. The Morgan fingerprint density at radius 3 is 2.70 bits per heavy atom. The standard InChI is InChI=1S/C24H30N4O4S/c1-15-18-21(25-12-16-8-7-9-17(31-2)19(16)32-3)27-14-28-23(18)33-20(15)22(29)26-13-24(30)10-5-4-6-11-24/h7-9,14,30H,4-6,10-13H2,1-3H3,(H,26,29)(H,25,27,28). The Labute approximate surface area is 197 Å². The van der Waals surface area contributed by atoms with Crippen molar-refractivity contribution in [3.05, 3.63) is 40.5 Å². The van der Waals surface area contributed by atoms with Gasteiger partial charge in [-0.1, -0.05) is 31.4 Å². The van der Waals surface area contributed by atoms with Gasteiger partial charge < -0.3 is 25.2 Å². The summed E-state index contributed by atoms with van der Waals surface area (Å²) in [5.74, 6) is 1.80. The van der Waals surface area contributed by atoms with Gasteiger partial charge in [-0.05, 0) is 31.4 Å². The average molecular weight is 471 g/mol. The highest BCUT2D eigenvalue weighted by atomic mass is 32.1. The first-order chi connectivity index (χ1) is 16.0. The number of para-hydroxylation sites is 1. The highest BCUT2D eigenvalue weighted by Crippen LogP contribution is 2.35. The van der Waals surface area contributed by atoms with Gasteiger partial charge in [-0.2, -0.15) is 0 Å². The number of thiophene rings is 1. The van der Waals surface area contributed by atoms with Gasteiger partial charge in [0.25, 0.3) is 5.91 Å². The number of hydrogen-bond acceptors (Lipinski definition) is 8. The molecule has 2 aromatic heterocycles. The number of ether oxygens (including phenoxy) is 2. The van der Waals surface area contributed by atoms with Crippen LogP contribution in [0.5, 0.6) is 11.5 Å². The SMILES string of the molecule is COc1cccc(CNc2ncnc3sc(C(=O)NCC4(O)CCCCC4)c(C)c23)c1OC. The number of rotatable bonds is 8. The number of aliphatic hydroxyl groups is 1. The number of aromatic nitrogens is 2. The smallest absolute Gasteiger partial charge is 0.261 e. The summed E-state index contributed by atoms with van der Waals surface area (Å²) in [7, 11) is 3.22. The number of methoxy groups -OCH3 is 2. The quantitative estimate of drug-likeness (QED) is 0.456. The Morgan fingerprint density at radius 1 is 1.18 bits per heavy atom. The van der Waals surface area contributed by atoms with Crippen LogP contribution in [0.2, 0.25) is 0 Å². The molecule has 0 aliphatic heterocycles. The van der Waals surface area contributed by atoms with E-state index in [1.807, 2.05) is 25.1 Å². The van der Waals surface area contributed by atoms with Crippen molar-refractivity contribution in [2.45, 2.75) is 51.2 Å². The molecule has 33 heavy (non-hydrogen) atoms. The van der Waals surface area contributed by atoms with E-state index in [0.717, 1.165) is 53.4 Å². The number of nitrogens with zero attached hydrogens (tertiary/aromatic N) is 2. The number of anilines is 1. The van der Waals surface area contributed by atoms with Gasteiger partial charge >= 0.3 is 0 Å². The molecule has 3 N–H and O–H groups in total. The molecule has 2 heterocycles. The molecule has 1 fully saturated rings. The zero-order valence-electron chi connectivity index (χ0n) is 19.2. The van der Waals surface area contributed by atoms with Crippen LogP contribution in [-0.4, -0.2) is 47.3 Å². The van der Waals surface area contributed by atoms with Crippen LogP contribution < -0.4 is 20.1 Å². The summed E-state index contributed by atoms with van der Waals surface area (Å²) in [5, 5.41) is 17.8. The van der Waals surface area contributed by atoms with Gasteiger partial charge in [0.1, 0.15) is 17.0 Å². The van der Waals surface area contributed by atoms with Crippen LogP contribution >= 0.6 is 11.3 Å². The van der Waals surface area contributed by atoms with Crippen LogP contribution in [-0.2, 0) is 6.54 Å². The van der Waals surface area contributed by atoms with Gasteiger partial charge in [-0.15, -0.1) is 11.3 Å². The van der Waals surface area contributed by atoms with Crippen LogP contribution in [0.4, 0.5) is 5.82 Å². The highest BCUT2D eigenvalue weighted by molar-refractivity contribution is 7.20. The molecule has 0 spiro atoms. The number of fused-ring (bicyclic) bond motifs is 1. The lowest BCUT2D eigenvalue weighted by Gasteiger charge is -2.32. The second-order valence-corrected chi connectivity index (χ2v) is 9.43. The van der Waals surface area contributed by atoms with Crippen molar-refractivity contribution in [2.75, 3.05) is 26.1 Å². The van der Waals surface area contributed by atoms with Crippen LogP contribution in [0.15, 0.2) is 24.5 Å². The molecule has 3 aromatic rings. The number of carbonyl (C=O) groups is 1. The summed E-state index contributed by atoms with van der Waals surface area (Å²) in [6.07, 6.45) is 6.09. The molecule has 9 heteroatoms. The van der Waals surface area contributed by atoms with Crippen LogP contribution in [0.25, 0.3) is 10.2 Å². The van der Waals surface area contributed by atoms with Crippen LogP contribution in [0, 0.1) is 6.92 Å². The summed E-state index contributed by atoms with van der Waals surface area (Å²) < 4.78 is 10.9. The molecule has 1 amide bonds. The zero-order chi connectivity index (χ0) is 23.4. The van der Waals surface area contributed by atoms with Crippen molar-refractivity contribution in [1.82, 2.24) is 15.3 Å². The fraction of sp³-hybridized carbons (Fsp3) is 0.458. The molecular formula is C24H30N4O4S. The van der Waals surface area contributed by atoms with Crippen molar-refractivity contribution in [3.8, 4) is 11.5 Å². The van der Waals surface area contributed by atoms with E-state index >= 15 is 0 Å². The van der Waals surface area contributed by atoms with E-state index in [0.29, 0.717) is 28.7 Å². The van der Waals surface area contributed by atoms with Crippen LogP contribution in [0.3, 0.4) is 0 Å². The summed E-state index contributed by atoms with van der Waals surface area (Å²) in [5.41, 5.74) is 0.944. The predicted molar refractivity (Wildman–Crippen MR) is 129 cm³/mol. The molecule has 0 radical (unpaired) electrons. The Balaban J connectivity index is 1.54. The maximum Gasteiger partial charge on any atom is 0.261 e. The first kappa shape index (κ1) is 23.3. The maximum absolute atomic E-state index is 13.0. The van der Waals surface area contributed by atoms with Crippen molar-refractivity contribution in [3.63, 3.8) is 0 Å². The van der Waals surface area contributed by atoms with Crippen molar-refractivity contribution in [2.24, 2.45) is 0 Å². The van der Waals surface area contributed by atoms with E-state index in [4.69, 9.17) is 9.47 Å². The third kappa shape index (κ3) is 4.89. The molecule has 1 saturated carbocycles. The van der Waals surface area contributed by atoms with E-state index in [9.17, 15) is 9.90 Å². The first-order valence-electron chi connectivity index (χ1n) is 11.1. The maximum atomic E-state index is 13.0. The molecule has 0 unspecified atom stereocenters. The number of carbonyl (C=O) groups excluding carboxylic acids is 1. The molecule has 1 aliphatic carbocycles. The van der Waals surface area contributed by atoms with Crippen molar-refractivity contribution < 1.29 is 19.4 Å². The number of benzene rings is 1. The normalized spacial score (nSPS) is 15.3. The fourth-order valence-electron chi connectivity index (χ4n) is 4.41. The molecule has 4 rings (SSSR count). The van der Waals surface area contributed by atoms with Crippen LogP contribution in [0.1, 0.15) is 52.9 Å². The molecule has 1 aliphatic rings. The topological polar surface area (TPSA) is 106 Å². The lowest BCUT2D eigenvalue weighted by atomic mass is 9.85. The Kier molecular flexibility index (Phi) is 6.99. The van der Waals surface area contributed by atoms with Gasteiger partial charge in [-0.3, -0.25) is 4.79 Å². The lowest BCUT2D eigenvalue weighted by molar-refractivity contribution is 0.00529. The second kappa shape index (κ2) is 9.93. The summed E-state index contributed by atoms with van der Waals surface area (Å²) in [6, 6.07) is 5.72. The highest BCUT2D eigenvalue weighted by Gasteiger charge is 2.30. The number of nitrogens with one attached hydrogen (secondary N) is 2. The summed E-state index contributed by atoms with van der Waals surface area (Å²) >= 11 is 1.34. The Hall–Kier alpha value is -2.91. The Morgan fingerprint density at radius 2 is 1.97 bits per heavy atom. The monoisotopic (exact) mass is 470 g/mol. The average Bonchev–Trinajstić information content (AvgIpc) is 3.18. The predicted octanol–water partition coefficient (Wildman–Crippen LogP) is 4.05.